The Morgan fingerprint density at radius 3 is 1.00 bits per heavy atom. The molecule has 0 rings (SSSR count). The molecule has 0 aliphatic carbocycles. The number of nitrogens with two attached hydrogens (primary N) is 2. The van der Waals surface area contributed by atoms with Crippen molar-refractivity contribution >= 4 is 24.0 Å². The van der Waals surface area contributed by atoms with E-state index in [-0.39, 0.29) is 29.5 Å². The zero-order chi connectivity index (χ0) is 2.00. The second-order valence-electron chi connectivity index (χ2n) is 0. The second kappa shape index (κ2) is 66.1. The van der Waals surface area contributed by atoms with Crippen LogP contribution in [0.15, 0.2) is 0 Å². The molecule has 30 valence electrons. The van der Waals surface area contributed by atoms with E-state index < -0.39 is 0 Å². The van der Waals surface area contributed by atoms with Crippen molar-refractivity contribution in [3.8, 4) is 0 Å². The molecule has 0 saturated carbocycles. The molecule has 0 aromatic rings. The Hall–Kier alpha value is 0.610. The predicted octanol–water partition coefficient (Wildman–Crippen LogP) is -1.39. The lowest BCUT2D eigenvalue weighted by Gasteiger charge is -1.27. The lowest BCUT2D eigenvalue weighted by Crippen LogP contribution is -2.02. The van der Waals surface area contributed by atoms with Crippen LogP contribution in [0.1, 0.15) is 0 Å². The van der Waals surface area contributed by atoms with Crippen LogP contribution in [0.2, 0.25) is 0 Å². The number of hydrazine groups is 1. The molecule has 4 heteroatoms. The standard InChI is InChI=1S/HI.H4N2.H2O/c;1-2;/h1H;1-2H2;1H2. The van der Waals surface area contributed by atoms with Gasteiger partial charge in [0.1, 0.15) is 0 Å². The van der Waals surface area contributed by atoms with Gasteiger partial charge >= 0.3 is 0 Å². The van der Waals surface area contributed by atoms with Crippen molar-refractivity contribution in [1.82, 2.24) is 0 Å². The van der Waals surface area contributed by atoms with Gasteiger partial charge in [0.05, 0.1) is 0 Å². The Morgan fingerprint density at radius 1 is 1.00 bits per heavy atom. The molecule has 4 heavy (non-hydrogen) atoms. The molecule has 0 atom stereocenters. The van der Waals surface area contributed by atoms with Crippen LogP contribution in [0, 0.1) is 0 Å². The van der Waals surface area contributed by atoms with Crippen LogP contribution in [-0.4, -0.2) is 5.48 Å². The first kappa shape index (κ1) is 23.2. The van der Waals surface area contributed by atoms with Gasteiger partial charge in [-0.15, -0.1) is 24.0 Å². The predicted molar refractivity (Wildman–Crippen MR) is 27.4 cm³/mol. The van der Waals surface area contributed by atoms with Crippen molar-refractivity contribution in [2.45, 2.75) is 0 Å². The average molecular weight is 178 g/mol. The van der Waals surface area contributed by atoms with Gasteiger partial charge in [0.2, 0.25) is 0 Å². The SMILES string of the molecule is I.NN.O. The van der Waals surface area contributed by atoms with Crippen molar-refractivity contribution in [1.29, 1.82) is 0 Å². The van der Waals surface area contributed by atoms with Crippen molar-refractivity contribution in [2.75, 3.05) is 0 Å². The molecule has 0 radical (unpaired) electrons. The molecule has 0 amide bonds. The third kappa shape index (κ3) is 18.2. The minimum atomic E-state index is 0. The molecule has 0 aromatic carbocycles. The zero-order valence-electron chi connectivity index (χ0n) is 2.06. The Balaban J connectivity index is -0.00000000500. The molecule has 3 nitrogen and oxygen atoms in total. The van der Waals surface area contributed by atoms with E-state index in [4.69, 9.17) is 0 Å². The van der Waals surface area contributed by atoms with Crippen molar-refractivity contribution in [3.05, 3.63) is 0 Å². The summed E-state index contributed by atoms with van der Waals surface area (Å²) in [4.78, 5) is 0. The van der Waals surface area contributed by atoms with Gasteiger partial charge in [-0.05, 0) is 0 Å². The van der Waals surface area contributed by atoms with E-state index in [0.717, 1.165) is 0 Å². The van der Waals surface area contributed by atoms with E-state index in [2.05, 4.69) is 11.7 Å². The van der Waals surface area contributed by atoms with E-state index >= 15 is 0 Å². The summed E-state index contributed by atoms with van der Waals surface area (Å²) in [5.74, 6) is 8.00. The number of hydrogen-bond donors (Lipinski definition) is 2. The molecule has 0 heterocycles. The monoisotopic (exact) mass is 178 g/mol. The van der Waals surface area contributed by atoms with Gasteiger partial charge in [-0.2, -0.15) is 0 Å². The summed E-state index contributed by atoms with van der Waals surface area (Å²) in [6.07, 6.45) is 0. The fraction of sp³-hybridized carbons (Fsp3) is 0. The molecule has 0 spiro atoms. The highest BCUT2D eigenvalue weighted by atomic mass is 127. The molecular formula is H7IN2O. The molecule has 0 saturated heterocycles. The summed E-state index contributed by atoms with van der Waals surface area (Å²) in [6.45, 7) is 0. The largest absolute Gasteiger partial charge is 0.412 e. The third-order valence-corrected chi connectivity index (χ3v) is 0. The van der Waals surface area contributed by atoms with Crippen LogP contribution < -0.4 is 11.7 Å². The molecule has 0 aliphatic rings. The number of hydrogen-bond acceptors (Lipinski definition) is 2. The van der Waals surface area contributed by atoms with E-state index in [0.29, 0.717) is 0 Å². The smallest absolute Gasteiger partial charge is 0.107 e. The first-order chi connectivity index (χ1) is 1.00. The van der Waals surface area contributed by atoms with Gasteiger partial charge in [0.15, 0.2) is 0 Å². The zero-order valence-corrected chi connectivity index (χ0v) is 4.39. The van der Waals surface area contributed by atoms with Gasteiger partial charge in [-0.1, -0.05) is 0 Å². The van der Waals surface area contributed by atoms with Crippen LogP contribution in [0.25, 0.3) is 0 Å². The van der Waals surface area contributed by atoms with Crippen LogP contribution in [-0.2, 0) is 0 Å². The summed E-state index contributed by atoms with van der Waals surface area (Å²) in [7, 11) is 0. The van der Waals surface area contributed by atoms with Gasteiger partial charge in [-0.3, -0.25) is 11.7 Å². The lowest BCUT2D eigenvalue weighted by molar-refractivity contribution is 0.824. The van der Waals surface area contributed by atoms with Crippen LogP contribution >= 0.6 is 24.0 Å². The Kier molecular flexibility index (Phi) is 383. The number of halogens is 1. The first-order valence-corrected chi connectivity index (χ1v) is 0.333. The highest BCUT2D eigenvalue weighted by Crippen LogP contribution is 0.886. The van der Waals surface area contributed by atoms with Crippen LogP contribution in [0.3, 0.4) is 0 Å². The van der Waals surface area contributed by atoms with Gasteiger partial charge in [0.25, 0.3) is 0 Å². The molecule has 0 aliphatic heterocycles. The van der Waals surface area contributed by atoms with Crippen LogP contribution in [0.5, 0.6) is 0 Å². The second-order valence-corrected chi connectivity index (χ2v) is 0. The quantitative estimate of drug-likeness (QED) is 0.272. The van der Waals surface area contributed by atoms with Crippen molar-refractivity contribution < 1.29 is 5.48 Å². The Morgan fingerprint density at radius 2 is 1.00 bits per heavy atom. The molecule has 0 bridgehead atoms. The first-order valence-electron chi connectivity index (χ1n) is 0.333. The fourth-order valence-electron chi connectivity index (χ4n) is 0. The fourth-order valence-corrected chi connectivity index (χ4v) is 0. The Bertz CT molecular complexity index is 6.00. The van der Waals surface area contributed by atoms with Crippen molar-refractivity contribution in [2.24, 2.45) is 11.7 Å². The number of rotatable bonds is 0. The van der Waals surface area contributed by atoms with E-state index in [1.165, 1.54) is 0 Å². The van der Waals surface area contributed by atoms with E-state index in [9.17, 15) is 0 Å². The van der Waals surface area contributed by atoms with E-state index in [1.54, 1.807) is 0 Å². The van der Waals surface area contributed by atoms with Gasteiger partial charge in [0, 0.05) is 0 Å². The summed E-state index contributed by atoms with van der Waals surface area (Å²) >= 11 is 0. The molecular weight excluding hydrogens is 171 g/mol. The summed E-state index contributed by atoms with van der Waals surface area (Å²) < 4.78 is 0. The highest BCUT2D eigenvalue weighted by molar-refractivity contribution is 14.0. The maximum atomic E-state index is 4.00. The van der Waals surface area contributed by atoms with Gasteiger partial charge < -0.3 is 5.48 Å². The molecule has 0 unspecified atom stereocenters. The molecule has 6 N–H and O–H groups in total. The molecule has 0 aromatic heterocycles. The Labute approximate surface area is 41.6 Å². The van der Waals surface area contributed by atoms with E-state index in [1.807, 2.05) is 0 Å². The van der Waals surface area contributed by atoms with Crippen molar-refractivity contribution in [3.63, 3.8) is 0 Å². The maximum Gasteiger partial charge on any atom is -0.107 e. The topological polar surface area (TPSA) is 83.5 Å². The minimum absolute atomic E-state index is 0. The third-order valence-electron chi connectivity index (χ3n) is 0. The average Bonchev–Trinajstić information content (AvgIpc) is 1.00. The highest BCUT2D eigenvalue weighted by Gasteiger charge is 0.726. The summed E-state index contributed by atoms with van der Waals surface area (Å²) in [5, 5.41) is 0. The molecule has 0 fully saturated rings. The van der Waals surface area contributed by atoms with Gasteiger partial charge in [-0.25, -0.2) is 0 Å². The summed E-state index contributed by atoms with van der Waals surface area (Å²) in [5.41, 5.74) is 0. The minimum Gasteiger partial charge on any atom is -0.412 e. The maximum absolute atomic E-state index is 4.00. The van der Waals surface area contributed by atoms with Crippen LogP contribution in [0.4, 0.5) is 0 Å². The normalized spacial score (nSPS) is 1.50. The lowest BCUT2D eigenvalue weighted by atomic mass is 13.0. The summed E-state index contributed by atoms with van der Waals surface area (Å²) in [6, 6.07) is 0.